The monoisotopic (exact) mass is 399 g/mol. The van der Waals surface area contributed by atoms with E-state index in [9.17, 15) is 14.9 Å². The Morgan fingerprint density at radius 2 is 2.00 bits per heavy atom. The van der Waals surface area contributed by atoms with Crippen molar-refractivity contribution in [1.29, 1.82) is 0 Å². The van der Waals surface area contributed by atoms with Crippen molar-refractivity contribution in [2.45, 2.75) is 32.6 Å². The van der Waals surface area contributed by atoms with Gasteiger partial charge in [-0.25, -0.2) is 4.98 Å². The van der Waals surface area contributed by atoms with Gasteiger partial charge in [0, 0.05) is 18.6 Å². The van der Waals surface area contributed by atoms with Gasteiger partial charge in [-0.1, -0.05) is 37.3 Å². The number of nitrogens with zero attached hydrogens (tertiary/aromatic N) is 2. The van der Waals surface area contributed by atoms with Gasteiger partial charge in [-0.15, -0.1) is 0 Å². The van der Waals surface area contributed by atoms with Gasteiger partial charge in [0.25, 0.3) is 5.69 Å². The number of nitro groups is 1. The highest BCUT2D eigenvalue weighted by molar-refractivity contribution is 7.22. The summed E-state index contributed by atoms with van der Waals surface area (Å²) >= 11 is 1.22. The van der Waals surface area contributed by atoms with Crippen LogP contribution < -0.4 is 10.1 Å². The van der Waals surface area contributed by atoms with Crippen LogP contribution in [0, 0.1) is 10.1 Å². The molecule has 0 aliphatic carbocycles. The Morgan fingerprint density at radius 1 is 1.25 bits per heavy atom. The maximum Gasteiger partial charge on any atom is 0.270 e. The smallest absolute Gasteiger partial charge is 0.270 e. The van der Waals surface area contributed by atoms with E-state index in [1.165, 1.54) is 29.0 Å². The minimum atomic E-state index is -0.451. The van der Waals surface area contributed by atoms with Crippen molar-refractivity contribution in [2.75, 3.05) is 11.9 Å². The number of ether oxygens (including phenoxy) is 1. The van der Waals surface area contributed by atoms with Crippen LogP contribution in [-0.2, 0) is 4.79 Å². The molecule has 0 atom stereocenters. The first-order valence-electron chi connectivity index (χ1n) is 9.00. The van der Waals surface area contributed by atoms with Gasteiger partial charge in [-0.05, 0) is 36.1 Å². The van der Waals surface area contributed by atoms with Crippen molar-refractivity contribution < 1.29 is 14.5 Å². The van der Waals surface area contributed by atoms with E-state index in [1.807, 2.05) is 24.3 Å². The molecule has 0 saturated heterocycles. The summed E-state index contributed by atoms with van der Waals surface area (Å²) in [6, 6.07) is 12.4. The van der Waals surface area contributed by atoms with Crippen molar-refractivity contribution in [3.63, 3.8) is 0 Å². The Hall–Kier alpha value is -3.00. The van der Waals surface area contributed by atoms with Gasteiger partial charge in [0.05, 0.1) is 21.7 Å². The van der Waals surface area contributed by atoms with Crippen LogP contribution >= 0.6 is 11.3 Å². The van der Waals surface area contributed by atoms with Gasteiger partial charge >= 0.3 is 0 Å². The molecule has 8 heteroatoms. The predicted molar refractivity (Wildman–Crippen MR) is 110 cm³/mol. The zero-order valence-electron chi connectivity index (χ0n) is 15.7. The van der Waals surface area contributed by atoms with Gasteiger partial charge in [-0.3, -0.25) is 14.9 Å². The van der Waals surface area contributed by atoms with Gasteiger partial charge < -0.3 is 10.1 Å². The molecule has 1 amide bonds. The second kappa shape index (κ2) is 8.79. The average Bonchev–Trinajstić information content (AvgIpc) is 3.06. The maximum absolute atomic E-state index is 12.1. The quantitative estimate of drug-likeness (QED) is 0.322. The highest BCUT2D eigenvalue weighted by atomic mass is 32.1. The van der Waals surface area contributed by atoms with Crippen molar-refractivity contribution in [2.24, 2.45) is 0 Å². The van der Waals surface area contributed by atoms with Gasteiger partial charge in [-0.2, -0.15) is 0 Å². The zero-order valence-corrected chi connectivity index (χ0v) is 16.5. The number of anilines is 1. The highest BCUT2D eigenvalue weighted by Gasteiger charge is 2.12. The number of carbonyl (C=O) groups excluding carboxylic acids is 1. The number of thiazole rings is 1. The molecule has 1 heterocycles. The summed E-state index contributed by atoms with van der Waals surface area (Å²) in [5.74, 6) is 1.11. The number of hydrogen-bond donors (Lipinski definition) is 1. The van der Waals surface area contributed by atoms with E-state index in [4.69, 9.17) is 4.74 Å². The third kappa shape index (κ3) is 5.04. The summed E-state index contributed by atoms with van der Waals surface area (Å²) in [4.78, 5) is 26.8. The number of nitro benzene ring substituents is 1. The first-order valence-corrected chi connectivity index (χ1v) is 9.81. The predicted octanol–water partition coefficient (Wildman–Crippen LogP) is 5.13. The van der Waals surface area contributed by atoms with Crippen LogP contribution in [0.4, 0.5) is 10.8 Å². The fourth-order valence-corrected chi connectivity index (χ4v) is 3.55. The second-order valence-corrected chi connectivity index (χ2v) is 7.68. The van der Waals surface area contributed by atoms with E-state index in [0.29, 0.717) is 40.7 Å². The number of rotatable bonds is 8. The lowest BCUT2D eigenvalue weighted by atomic mass is 10.0. The molecule has 2 aromatic carbocycles. The maximum atomic E-state index is 12.1. The van der Waals surface area contributed by atoms with Crippen LogP contribution in [0.25, 0.3) is 10.2 Å². The number of nitrogens with one attached hydrogen (secondary N) is 1. The second-order valence-electron chi connectivity index (χ2n) is 6.65. The molecule has 3 rings (SSSR count). The summed E-state index contributed by atoms with van der Waals surface area (Å²) in [5, 5.41) is 14.0. The van der Waals surface area contributed by atoms with E-state index in [2.05, 4.69) is 24.1 Å². The molecule has 0 aliphatic heterocycles. The molecule has 0 fully saturated rings. The molecular weight excluding hydrogens is 378 g/mol. The number of amides is 1. The third-order valence-electron chi connectivity index (χ3n) is 4.19. The van der Waals surface area contributed by atoms with Crippen LogP contribution in [-0.4, -0.2) is 22.4 Å². The van der Waals surface area contributed by atoms with Crippen molar-refractivity contribution in [3.05, 3.63) is 58.1 Å². The average molecular weight is 399 g/mol. The van der Waals surface area contributed by atoms with Gasteiger partial charge in [0.15, 0.2) is 5.13 Å². The van der Waals surface area contributed by atoms with Crippen molar-refractivity contribution in [3.8, 4) is 5.75 Å². The summed E-state index contributed by atoms with van der Waals surface area (Å²) in [5.41, 5.74) is 1.89. The lowest BCUT2D eigenvalue weighted by Crippen LogP contribution is -2.12. The zero-order chi connectivity index (χ0) is 20.1. The molecule has 28 heavy (non-hydrogen) atoms. The highest BCUT2D eigenvalue weighted by Crippen LogP contribution is 2.29. The fourth-order valence-electron chi connectivity index (χ4n) is 2.63. The van der Waals surface area contributed by atoms with Crippen molar-refractivity contribution >= 4 is 38.3 Å². The molecule has 7 nitrogen and oxygen atoms in total. The Balaban J connectivity index is 1.46. The Morgan fingerprint density at radius 3 is 2.68 bits per heavy atom. The van der Waals surface area contributed by atoms with Crippen LogP contribution in [0.1, 0.15) is 38.2 Å². The minimum absolute atomic E-state index is 0.00704. The molecule has 0 saturated carbocycles. The molecule has 0 bridgehead atoms. The molecule has 1 N–H and O–H groups in total. The fraction of sp³-hybridized carbons (Fsp3) is 0.300. The largest absolute Gasteiger partial charge is 0.494 e. The molecule has 0 unspecified atom stereocenters. The topological polar surface area (TPSA) is 94.4 Å². The first kappa shape index (κ1) is 19.8. The number of hydrogen-bond acceptors (Lipinski definition) is 6. The normalized spacial score (nSPS) is 11.0. The van der Waals surface area contributed by atoms with E-state index in [0.717, 1.165) is 5.75 Å². The number of non-ortho nitro benzene ring substituents is 1. The first-order chi connectivity index (χ1) is 13.4. The molecule has 0 radical (unpaired) electrons. The molecule has 0 aliphatic rings. The Labute approximate surface area is 166 Å². The van der Waals surface area contributed by atoms with Crippen LogP contribution in [0.15, 0.2) is 42.5 Å². The molecular formula is C20H21N3O4S. The third-order valence-corrected chi connectivity index (χ3v) is 5.13. The number of carbonyl (C=O) groups is 1. The number of aromatic nitrogens is 1. The lowest BCUT2D eigenvalue weighted by molar-refractivity contribution is -0.384. The van der Waals surface area contributed by atoms with E-state index >= 15 is 0 Å². The van der Waals surface area contributed by atoms with Gasteiger partial charge in [0.2, 0.25) is 5.91 Å². The van der Waals surface area contributed by atoms with Gasteiger partial charge in [0.1, 0.15) is 5.75 Å². The van der Waals surface area contributed by atoms with Crippen LogP contribution in [0.2, 0.25) is 0 Å². The SMILES string of the molecule is CC(C)c1ccc(OCCCC(=O)Nc2nc3ccc([N+](=O)[O-])cc3s2)cc1. The Kier molecular flexibility index (Phi) is 6.20. The van der Waals surface area contributed by atoms with Crippen molar-refractivity contribution in [1.82, 2.24) is 4.98 Å². The summed E-state index contributed by atoms with van der Waals surface area (Å²) in [6.45, 7) is 4.72. The number of fused-ring (bicyclic) bond motifs is 1. The lowest BCUT2D eigenvalue weighted by Gasteiger charge is -2.08. The van der Waals surface area contributed by atoms with Crippen LogP contribution in [0.3, 0.4) is 0 Å². The Bertz CT molecular complexity index is 983. The van der Waals surface area contributed by atoms with Crippen LogP contribution in [0.5, 0.6) is 5.75 Å². The molecule has 146 valence electrons. The molecule has 3 aromatic rings. The summed E-state index contributed by atoms with van der Waals surface area (Å²) in [7, 11) is 0. The summed E-state index contributed by atoms with van der Waals surface area (Å²) in [6.07, 6.45) is 0.883. The molecule has 0 spiro atoms. The number of benzene rings is 2. The van der Waals surface area contributed by atoms with E-state index in [1.54, 1.807) is 6.07 Å². The van der Waals surface area contributed by atoms with E-state index < -0.39 is 4.92 Å². The standard InChI is InChI=1S/C20H21N3O4S/c1-13(2)14-5-8-16(9-6-14)27-11-3-4-19(24)22-20-21-17-10-7-15(23(25)26)12-18(17)28-20/h5-10,12-13H,3-4,11H2,1-2H3,(H,21,22,24). The summed E-state index contributed by atoms with van der Waals surface area (Å²) < 4.78 is 6.33. The van der Waals surface area contributed by atoms with E-state index in [-0.39, 0.29) is 11.6 Å². The molecule has 1 aromatic heterocycles. The minimum Gasteiger partial charge on any atom is -0.494 e.